The highest BCUT2D eigenvalue weighted by molar-refractivity contribution is 9.10. The van der Waals surface area contributed by atoms with E-state index in [9.17, 15) is 13.2 Å². The van der Waals surface area contributed by atoms with Gasteiger partial charge in [0.25, 0.3) is 0 Å². The van der Waals surface area contributed by atoms with E-state index in [1.807, 2.05) is 30.3 Å². The minimum absolute atomic E-state index is 0.0646. The number of hydrogen-bond donors (Lipinski definition) is 1. The second-order valence-electron chi connectivity index (χ2n) is 5.70. The van der Waals surface area contributed by atoms with Crippen LogP contribution in [0.3, 0.4) is 0 Å². The molecule has 1 heterocycles. The number of para-hydroxylation sites is 1. The Bertz CT molecular complexity index is 899. The minimum Gasteiger partial charge on any atom is -0.447 e. The third kappa shape index (κ3) is 4.72. The Morgan fingerprint density at radius 3 is 2.50 bits per heavy atom. The summed E-state index contributed by atoms with van der Waals surface area (Å²) in [6.45, 7) is 0.141. The van der Waals surface area contributed by atoms with E-state index in [1.165, 1.54) is 10.4 Å². The maximum atomic E-state index is 12.3. The van der Waals surface area contributed by atoms with Gasteiger partial charge in [-0.25, -0.2) is 13.2 Å². The van der Waals surface area contributed by atoms with E-state index >= 15 is 0 Å². The summed E-state index contributed by atoms with van der Waals surface area (Å²) in [7, 11) is -3.52. The minimum atomic E-state index is -3.52. The van der Waals surface area contributed by atoms with Crippen molar-refractivity contribution >= 4 is 37.7 Å². The molecular weight excluding hydrogens is 420 g/mol. The number of carbonyl (C=O) groups excluding carboxylic acids is 1. The van der Waals surface area contributed by atoms with Crippen molar-refractivity contribution < 1.29 is 17.9 Å². The van der Waals surface area contributed by atoms with E-state index in [-0.39, 0.29) is 13.2 Å². The normalized spacial score (nSPS) is 18.6. The third-order valence-electron chi connectivity index (χ3n) is 3.83. The topological polar surface area (TPSA) is 75.7 Å². The van der Waals surface area contributed by atoms with Crippen molar-refractivity contribution in [2.45, 2.75) is 12.6 Å². The van der Waals surface area contributed by atoms with E-state index in [2.05, 4.69) is 21.2 Å². The van der Waals surface area contributed by atoms with Gasteiger partial charge in [0.1, 0.15) is 6.61 Å². The molecule has 0 unspecified atom stereocenters. The second-order valence-corrected chi connectivity index (χ2v) is 8.39. The van der Waals surface area contributed by atoms with E-state index in [4.69, 9.17) is 4.74 Å². The number of anilines is 1. The van der Waals surface area contributed by atoms with Crippen LogP contribution in [0.2, 0.25) is 0 Å². The maximum Gasteiger partial charge on any atom is 0.411 e. The molecule has 1 atom stereocenters. The van der Waals surface area contributed by atoms with Crippen LogP contribution in [0.1, 0.15) is 5.56 Å². The highest BCUT2D eigenvalue weighted by Crippen LogP contribution is 2.23. The number of carbonyl (C=O) groups is 1. The molecule has 1 N–H and O–H groups in total. The van der Waals surface area contributed by atoms with Gasteiger partial charge in [0, 0.05) is 22.1 Å². The summed E-state index contributed by atoms with van der Waals surface area (Å²) in [5, 5.41) is 3.75. The standard InChI is InChI=1S/C18H17BrN2O4S/c19-15-8-6-14(7-9-15)12-21-17(10-11-26(21,23)24)13-25-18(22)20-16-4-2-1-3-5-16/h1-11,17H,12-13H2,(H,20,22)/t17-/m0/s1. The third-order valence-corrected chi connectivity index (χ3v) is 5.91. The summed E-state index contributed by atoms with van der Waals surface area (Å²) >= 11 is 3.35. The lowest BCUT2D eigenvalue weighted by molar-refractivity contribution is 0.141. The number of sulfonamides is 1. The number of halogens is 1. The molecule has 3 rings (SSSR count). The Morgan fingerprint density at radius 2 is 1.81 bits per heavy atom. The number of rotatable bonds is 5. The Hall–Kier alpha value is -2.16. The van der Waals surface area contributed by atoms with Gasteiger partial charge in [0.05, 0.1) is 6.04 Å². The molecule has 0 bridgehead atoms. The van der Waals surface area contributed by atoms with Gasteiger partial charge in [-0.2, -0.15) is 4.31 Å². The lowest BCUT2D eigenvalue weighted by atomic mass is 10.2. The zero-order valence-electron chi connectivity index (χ0n) is 13.7. The van der Waals surface area contributed by atoms with Crippen LogP contribution in [0.4, 0.5) is 10.5 Å². The molecule has 1 aliphatic rings. The lowest BCUT2D eigenvalue weighted by Crippen LogP contribution is -2.37. The first-order valence-electron chi connectivity index (χ1n) is 7.87. The van der Waals surface area contributed by atoms with Crippen LogP contribution in [-0.2, 0) is 21.3 Å². The Kier molecular flexibility index (Phi) is 5.75. The summed E-state index contributed by atoms with van der Waals surface area (Å²) in [5.41, 5.74) is 1.46. The number of benzene rings is 2. The summed E-state index contributed by atoms with van der Waals surface area (Å²) in [6.07, 6.45) is 0.904. The van der Waals surface area contributed by atoms with E-state index in [1.54, 1.807) is 24.3 Å². The average molecular weight is 437 g/mol. The summed E-state index contributed by atoms with van der Waals surface area (Å²) in [6, 6.07) is 15.8. The van der Waals surface area contributed by atoms with Crippen molar-refractivity contribution in [2.24, 2.45) is 0 Å². The fourth-order valence-corrected chi connectivity index (χ4v) is 4.14. The van der Waals surface area contributed by atoms with Crippen molar-refractivity contribution in [1.82, 2.24) is 4.31 Å². The van der Waals surface area contributed by atoms with Crippen molar-refractivity contribution in [3.8, 4) is 0 Å². The number of amides is 1. The van der Waals surface area contributed by atoms with E-state index in [0.717, 1.165) is 15.4 Å². The molecule has 0 saturated carbocycles. The van der Waals surface area contributed by atoms with Crippen LogP contribution < -0.4 is 5.32 Å². The molecule has 0 aromatic heterocycles. The summed E-state index contributed by atoms with van der Waals surface area (Å²) in [4.78, 5) is 11.9. The fraction of sp³-hybridized carbons (Fsp3) is 0.167. The van der Waals surface area contributed by atoms with Gasteiger partial charge in [0.15, 0.2) is 0 Å². The van der Waals surface area contributed by atoms with Crippen LogP contribution in [0, 0.1) is 0 Å². The molecule has 2 aromatic carbocycles. The van der Waals surface area contributed by atoms with Gasteiger partial charge in [0.2, 0.25) is 10.0 Å². The molecule has 6 nitrogen and oxygen atoms in total. The molecule has 0 radical (unpaired) electrons. The van der Waals surface area contributed by atoms with Crippen LogP contribution >= 0.6 is 15.9 Å². The van der Waals surface area contributed by atoms with Crippen molar-refractivity contribution in [3.05, 3.63) is 76.1 Å². The van der Waals surface area contributed by atoms with Crippen LogP contribution in [0.25, 0.3) is 0 Å². The van der Waals surface area contributed by atoms with Crippen LogP contribution in [-0.4, -0.2) is 31.5 Å². The predicted molar refractivity (Wildman–Crippen MR) is 103 cm³/mol. The second kappa shape index (κ2) is 8.03. The highest BCUT2D eigenvalue weighted by Gasteiger charge is 2.33. The zero-order chi connectivity index (χ0) is 18.6. The summed E-state index contributed by atoms with van der Waals surface area (Å²) in [5.74, 6) is 0. The first-order valence-corrected chi connectivity index (χ1v) is 10.2. The SMILES string of the molecule is O=C(Nc1ccccc1)OC[C@@H]1C=CS(=O)(=O)N1Cc1ccc(Br)cc1. The molecule has 2 aromatic rings. The lowest BCUT2D eigenvalue weighted by Gasteiger charge is -2.23. The van der Waals surface area contributed by atoms with Gasteiger partial charge in [-0.15, -0.1) is 0 Å². The molecule has 0 aliphatic carbocycles. The molecular formula is C18H17BrN2O4S. The molecule has 1 aliphatic heterocycles. The Morgan fingerprint density at radius 1 is 1.12 bits per heavy atom. The first-order chi connectivity index (χ1) is 12.4. The van der Waals surface area contributed by atoms with Crippen molar-refractivity contribution in [2.75, 3.05) is 11.9 Å². The fourth-order valence-electron chi connectivity index (χ4n) is 2.51. The van der Waals surface area contributed by atoms with E-state index < -0.39 is 22.2 Å². The largest absolute Gasteiger partial charge is 0.447 e. The number of nitrogens with zero attached hydrogens (tertiary/aromatic N) is 1. The number of nitrogens with one attached hydrogen (secondary N) is 1. The first kappa shape index (κ1) is 18.6. The maximum absolute atomic E-state index is 12.3. The number of ether oxygens (including phenoxy) is 1. The molecule has 26 heavy (non-hydrogen) atoms. The van der Waals surface area contributed by atoms with Crippen LogP contribution in [0.15, 0.2) is 70.6 Å². The predicted octanol–water partition coefficient (Wildman–Crippen LogP) is 3.73. The van der Waals surface area contributed by atoms with Gasteiger partial charge < -0.3 is 4.74 Å². The average Bonchev–Trinajstić information content (AvgIpc) is 2.90. The van der Waals surface area contributed by atoms with Crippen LogP contribution in [0.5, 0.6) is 0 Å². The summed E-state index contributed by atoms with van der Waals surface area (Å²) < 4.78 is 31.9. The highest BCUT2D eigenvalue weighted by atomic mass is 79.9. The van der Waals surface area contributed by atoms with E-state index in [0.29, 0.717) is 5.69 Å². The van der Waals surface area contributed by atoms with Gasteiger partial charge in [-0.3, -0.25) is 5.32 Å². The molecule has 0 fully saturated rings. The van der Waals surface area contributed by atoms with Gasteiger partial charge >= 0.3 is 6.09 Å². The smallest absolute Gasteiger partial charge is 0.411 e. The molecule has 136 valence electrons. The molecule has 1 amide bonds. The monoisotopic (exact) mass is 436 g/mol. The zero-order valence-corrected chi connectivity index (χ0v) is 16.1. The quantitative estimate of drug-likeness (QED) is 0.774. The Balaban J connectivity index is 1.61. The molecule has 8 heteroatoms. The van der Waals surface area contributed by atoms with Crippen molar-refractivity contribution in [1.29, 1.82) is 0 Å². The number of hydrogen-bond acceptors (Lipinski definition) is 4. The van der Waals surface area contributed by atoms with Crippen molar-refractivity contribution in [3.63, 3.8) is 0 Å². The van der Waals surface area contributed by atoms with Gasteiger partial charge in [-0.05, 0) is 29.8 Å². The molecule has 0 saturated heterocycles. The molecule has 0 spiro atoms. The Labute approximate surface area is 160 Å². The van der Waals surface area contributed by atoms with Gasteiger partial charge in [-0.1, -0.05) is 52.3 Å².